The van der Waals surface area contributed by atoms with Crippen molar-refractivity contribution >= 4 is 22.2 Å². The summed E-state index contributed by atoms with van der Waals surface area (Å²) in [4.78, 5) is 10.8. The Balaban J connectivity index is 1.92. The monoisotopic (exact) mass is 304 g/mol. The number of hydrogen-bond donors (Lipinski definition) is 0. The van der Waals surface area contributed by atoms with Crippen LogP contribution in [0.2, 0.25) is 0 Å². The first-order valence-electron chi connectivity index (χ1n) is 5.71. The molecule has 0 aromatic heterocycles. The summed E-state index contributed by atoms with van der Waals surface area (Å²) >= 11 is 3.31. The van der Waals surface area contributed by atoms with E-state index in [4.69, 9.17) is 4.74 Å². The van der Waals surface area contributed by atoms with Gasteiger partial charge in [0, 0.05) is 16.5 Å². The van der Waals surface area contributed by atoms with Crippen molar-refractivity contribution in [2.75, 3.05) is 6.61 Å². The molecule has 2 nitrogen and oxygen atoms in total. The lowest BCUT2D eigenvalue weighted by Gasteiger charge is -2.07. The lowest BCUT2D eigenvalue weighted by atomic mass is 10.2. The molecule has 0 aliphatic carbocycles. The standard InChI is InChI=1S/C15H13BrO2/c16-15-7-6-14(10-13(15)11-17)18-9-8-12-4-2-1-3-5-12/h1-7,10-11H,8-9H2. The molecular formula is C15H13BrO2. The highest BCUT2D eigenvalue weighted by Gasteiger charge is 2.01. The highest BCUT2D eigenvalue weighted by atomic mass is 79.9. The SMILES string of the molecule is O=Cc1cc(OCCc2ccccc2)ccc1Br. The van der Waals surface area contributed by atoms with Gasteiger partial charge in [-0.3, -0.25) is 4.79 Å². The maximum atomic E-state index is 10.8. The largest absolute Gasteiger partial charge is 0.493 e. The minimum Gasteiger partial charge on any atom is -0.493 e. The molecular weight excluding hydrogens is 292 g/mol. The Bertz CT molecular complexity index is 523. The third kappa shape index (κ3) is 3.44. The minimum atomic E-state index is 0.601. The van der Waals surface area contributed by atoms with E-state index in [9.17, 15) is 4.79 Å². The van der Waals surface area contributed by atoms with Crippen molar-refractivity contribution in [3.05, 3.63) is 64.1 Å². The Morgan fingerprint density at radius 3 is 2.61 bits per heavy atom. The van der Waals surface area contributed by atoms with Gasteiger partial charge in [-0.1, -0.05) is 46.3 Å². The zero-order valence-electron chi connectivity index (χ0n) is 9.80. The topological polar surface area (TPSA) is 26.3 Å². The maximum absolute atomic E-state index is 10.8. The quantitative estimate of drug-likeness (QED) is 0.784. The highest BCUT2D eigenvalue weighted by molar-refractivity contribution is 9.10. The summed E-state index contributed by atoms with van der Waals surface area (Å²) < 4.78 is 6.41. The van der Waals surface area contributed by atoms with Gasteiger partial charge in [-0.15, -0.1) is 0 Å². The van der Waals surface area contributed by atoms with E-state index in [1.54, 1.807) is 6.07 Å². The Kier molecular flexibility index (Phi) is 4.53. The maximum Gasteiger partial charge on any atom is 0.151 e. The smallest absolute Gasteiger partial charge is 0.151 e. The molecule has 0 amide bonds. The number of hydrogen-bond acceptors (Lipinski definition) is 2. The lowest BCUT2D eigenvalue weighted by molar-refractivity contribution is 0.112. The second-order valence-electron chi connectivity index (χ2n) is 3.89. The fourth-order valence-electron chi connectivity index (χ4n) is 1.63. The summed E-state index contributed by atoms with van der Waals surface area (Å²) in [5.41, 5.74) is 1.84. The zero-order chi connectivity index (χ0) is 12.8. The van der Waals surface area contributed by atoms with Crippen molar-refractivity contribution < 1.29 is 9.53 Å². The normalized spacial score (nSPS) is 10.1. The summed E-state index contributed by atoms with van der Waals surface area (Å²) in [6, 6.07) is 15.6. The molecule has 0 spiro atoms. The van der Waals surface area contributed by atoms with Crippen molar-refractivity contribution in [1.82, 2.24) is 0 Å². The average molecular weight is 305 g/mol. The van der Waals surface area contributed by atoms with E-state index in [1.165, 1.54) is 5.56 Å². The Labute approximate surface area is 115 Å². The molecule has 0 bridgehead atoms. The van der Waals surface area contributed by atoms with Crippen LogP contribution in [0.1, 0.15) is 15.9 Å². The first-order chi connectivity index (χ1) is 8.79. The molecule has 0 N–H and O–H groups in total. The molecule has 18 heavy (non-hydrogen) atoms. The summed E-state index contributed by atoms with van der Waals surface area (Å²) in [7, 11) is 0. The van der Waals surface area contributed by atoms with Crippen LogP contribution in [0.5, 0.6) is 5.75 Å². The van der Waals surface area contributed by atoms with Crippen LogP contribution >= 0.6 is 15.9 Å². The Morgan fingerprint density at radius 2 is 1.89 bits per heavy atom. The predicted molar refractivity (Wildman–Crippen MR) is 75.2 cm³/mol. The van der Waals surface area contributed by atoms with E-state index in [-0.39, 0.29) is 0 Å². The molecule has 2 rings (SSSR count). The van der Waals surface area contributed by atoms with Crippen LogP contribution in [0.3, 0.4) is 0 Å². The molecule has 0 radical (unpaired) electrons. The van der Waals surface area contributed by atoms with Crippen LogP contribution in [0.15, 0.2) is 53.0 Å². The van der Waals surface area contributed by atoms with E-state index < -0.39 is 0 Å². The lowest BCUT2D eigenvalue weighted by Crippen LogP contribution is -2.01. The molecule has 0 atom stereocenters. The van der Waals surface area contributed by atoms with Crippen molar-refractivity contribution in [2.45, 2.75) is 6.42 Å². The van der Waals surface area contributed by atoms with Gasteiger partial charge in [0.15, 0.2) is 6.29 Å². The molecule has 0 saturated heterocycles. The fourth-order valence-corrected chi connectivity index (χ4v) is 1.97. The Hall–Kier alpha value is -1.61. The van der Waals surface area contributed by atoms with Crippen LogP contribution in [-0.4, -0.2) is 12.9 Å². The molecule has 0 fully saturated rings. The fraction of sp³-hybridized carbons (Fsp3) is 0.133. The number of carbonyl (C=O) groups is 1. The molecule has 92 valence electrons. The Morgan fingerprint density at radius 1 is 1.11 bits per heavy atom. The van der Waals surface area contributed by atoms with Gasteiger partial charge in [0.2, 0.25) is 0 Å². The van der Waals surface area contributed by atoms with E-state index in [0.29, 0.717) is 12.2 Å². The van der Waals surface area contributed by atoms with Crippen LogP contribution < -0.4 is 4.74 Å². The van der Waals surface area contributed by atoms with Gasteiger partial charge in [-0.05, 0) is 23.8 Å². The molecule has 0 heterocycles. The molecule has 2 aromatic rings. The number of aldehydes is 1. The third-order valence-electron chi connectivity index (χ3n) is 2.60. The van der Waals surface area contributed by atoms with Crippen molar-refractivity contribution in [3.63, 3.8) is 0 Å². The molecule has 2 aromatic carbocycles. The average Bonchev–Trinajstić information content (AvgIpc) is 2.42. The first-order valence-corrected chi connectivity index (χ1v) is 6.50. The number of halogens is 1. The summed E-state index contributed by atoms with van der Waals surface area (Å²) in [5.74, 6) is 0.719. The van der Waals surface area contributed by atoms with Gasteiger partial charge in [0.25, 0.3) is 0 Å². The molecule has 0 aliphatic rings. The van der Waals surface area contributed by atoms with Crippen LogP contribution in [0, 0.1) is 0 Å². The molecule has 0 unspecified atom stereocenters. The van der Waals surface area contributed by atoms with Gasteiger partial charge in [0.1, 0.15) is 5.75 Å². The second kappa shape index (κ2) is 6.36. The van der Waals surface area contributed by atoms with E-state index >= 15 is 0 Å². The summed E-state index contributed by atoms with van der Waals surface area (Å²) in [6.45, 7) is 0.601. The first kappa shape index (κ1) is 12.8. The molecule has 0 aliphatic heterocycles. The van der Waals surface area contributed by atoms with E-state index in [0.717, 1.165) is 22.9 Å². The van der Waals surface area contributed by atoms with Crippen molar-refractivity contribution in [1.29, 1.82) is 0 Å². The number of carbonyl (C=O) groups excluding carboxylic acids is 1. The second-order valence-corrected chi connectivity index (χ2v) is 4.74. The van der Waals surface area contributed by atoms with Gasteiger partial charge in [-0.2, -0.15) is 0 Å². The van der Waals surface area contributed by atoms with Crippen LogP contribution in [0.4, 0.5) is 0 Å². The number of ether oxygens (including phenoxy) is 1. The summed E-state index contributed by atoms with van der Waals surface area (Å²) in [5, 5.41) is 0. The molecule has 0 saturated carbocycles. The van der Waals surface area contributed by atoms with E-state index in [2.05, 4.69) is 28.1 Å². The highest BCUT2D eigenvalue weighted by Crippen LogP contribution is 2.21. The molecule has 3 heteroatoms. The summed E-state index contributed by atoms with van der Waals surface area (Å²) in [6.07, 6.45) is 1.67. The van der Waals surface area contributed by atoms with Gasteiger partial charge < -0.3 is 4.74 Å². The predicted octanol–water partition coefficient (Wildman–Crippen LogP) is 3.88. The van der Waals surface area contributed by atoms with Gasteiger partial charge in [0.05, 0.1) is 6.61 Å². The van der Waals surface area contributed by atoms with Crippen molar-refractivity contribution in [3.8, 4) is 5.75 Å². The van der Waals surface area contributed by atoms with Crippen molar-refractivity contribution in [2.24, 2.45) is 0 Å². The minimum absolute atomic E-state index is 0.601. The van der Waals surface area contributed by atoms with E-state index in [1.807, 2.05) is 30.3 Å². The van der Waals surface area contributed by atoms with Crippen LogP contribution in [0.25, 0.3) is 0 Å². The number of benzene rings is 2. The van der Waals surface area contributed by atoms with Gasteiger partial charge >= 0.3 is 0 Å². The van der Waals surface area contributed by atoms with Gasteiger partial charge in [-0.25, -0.2) is 0 Å². The third-order valence-corrected chi connectivity index (χ3v) is 3.32. The zero-order valence-corrected chi connectivity index (χ0v) is 11.4. The number of rotatable bonds is 5. The van der Waals surface area contributed by atoms with Crippen LogP contribution in [-0.2, 0) is 6.42 Å².